The Morgan fingerprint density at radius 1 is 1.38 bits per heavy atom. The van der Waals surface area contributed by atoms with Crippen molar-refractivity contribution in [1.82, 2.24) is 0 Å². The van der Waals surface area contributed by atoms with E-state index in [1.54, 1.807) is 13.0 Å². The molecule has 0 bridgehead atoms. The number of hydrogen-bond donors (Lipinski definition) is 1. The van der Waals surface area contributed by atoms with E-state index in [4.69, 9.17) is 4.74 Å². The molecule has 0 fully saturated rings. The van der Waals surface area contributed by atoms with Crippen molar-refractivity contribution in [3.05, 3.63) is 34.9 Å². The van der Waals surface area contributed by atoms with Gasteiger partial charge >= 0.3 is 0 Å². The zero-order valence-electron chi connectivity index (χ0n) is 13.2. The monoisotopic (exact) mass is 290 g/mol. The molecular weight excluding hydrogens is 260 g/mol. The Kier molecular flexibility index (Phi) is 3.24. The summed E-state index contributed by atoms with van der Waals surface area (Å²) in [7, 11) is 0. The number of benzene rings is 1. The van der Waals surface area contributed by atoms with Crippen molar-refractivity contribution in [2.24, 2.45) is 5.92 Å². The summed E-state index contributed by atoms with van der Waals surface area (Å²) < 4.78 is 6.23. The molecule has 1 aromatic rings. The zero-order chi connectivity index (χ0) is 15.2. The van der Waals surface area contributed by atoms with Gasteiger partial charge in [-0.05, 0) is 52.7 Å². The highest BCUT2D eigenvalue weighted by atomic mass is 16.5. The summed E-state index contributed by atoms with van der Waals surface area (Å²) in [6.45, 7) is 8.27. The van der Waals surface area contributed by atoms with E-state index in [2.05, 4.69) is 38.7 Å². The van der Waals surface area contributed by atoms with Gasteiger partial charge in [-0.2, -0.15) is 0 Å². The molecule has 0 radical (unpaired) electrons. The summed E-state index contributed by atoms with van der Waals surface area (Å²) in [5.74, 6) is 7.61. The van der Waals surface area contributed by atoms with Gasteiger partial charge in [0.25, 0.3) is 0 Å². The second-order valence-corrected chi connectivity index (χ2v) is 6.67. The number of aromatic hydroxyl groups is 1. The Morgan fingerprint density at radius 3 is 2.86 bits per heavy atom. The molecule has 1 aliphatic carbocycles. The summed E-state index contributed by atoms with van der Waals surface area (Å²) in [4.78, 5) is 0. The summed E-state index contributed by atoms with van der Waals surface area (Å²) in [5, 5.41) is 10.5. The van der Waals surface area contributed by atoms with Crippen LogP contribution in [0.4, 0.5) is 0 Å². The fourth-order valence-electron chi connectivity index (χ4n) is 3.74. The van der Waals surface area contributed by atoms with E-state index in [1.807, 2.05) is 6.07 Å². The maximum absolute atomic E-state index is 10.5. The molecule has 118 valence electrons. The summed E-state index contributed by atoms with van der Waals surface area (Å²) in [5.41, 5.74) is 2.91. The Bertz CT molecular complexity index is 687. The lowest BCUT2D eigenvalue weighted by molar-refractivity contribution is 0.0108. The van der Waals surface area contributed by atoms with Crippen molar-refractivity contribution < 1.29 is 15.5 Å². The van der Waals surface area contributed by atoms with E-state index in [0.29, 0.717) is 11.7 Å². The topological polar surface area (TPSA) is 29.5 Å². The Balaban J connectivity index is 0. The fourth-order valence-corrected chi connectivity index (χ4v) is 3.74. The van der Waals surface area contributed by atoms with Crippen LogP contribution in [0.5, 0.6) is 11.5 Å². The van der Waals surface area contributed by atoms with Gasteiger partial charge in [-0.3, -0.25) is 0 Å². The lowest BCUT2D eigenvalue weighted by Gasteiger charge is -2.46. The highest BCUT2D eigenvalue weighted by Crippen LogP contribution is 2.53. The van der Waals surface area contributed by atoms with Gasteiger partial charge in [0.15, 0.2) is 0 Å². The third-order valence-corrected chi connectivity index (χ3v) is 4.74. The number of ether oxygens (including phenoxy) is 1. The van der Waals surface area contributed by atoms with E-state index in [0.717, 1.165) is 29.7 Å². The maximum atomic E-state index is 10.5. The molecule has 0 aromatic heterocycles. The molecular formula is C19H30O2. The standard InChI is InChI=1S/C19H22O2.4H2/c1-5-6-13-10-16(20)18-14-9-12(2)7-8-15(14)19(3,4)21-17(18)11-13;;;;/h9-11,14-15,20H,7-8H2,1-4H3;4*1H. The molecule has 0 saturated heterocycles. The van der Waals surface area contributed by atoms with Gasteiger partial charge in [-0.1, -0.05) is 17.6 Å². The fraction of sp³-hybridized carbons (Fsp3) is 0.474. The van der Waals surface area contributed by atoms with Crippen molar-refractivity contribution in [3.63, 3.8) is 0 Å². The summed E-state index contributed by atoms with van der Waals surface area (Å²) >= 11 is 0. The largest absolute Gasteiger partial charge is 0.507 e. The van der Waals surface area contributed by atoms with Crippen molar-refractivity contribution in [1.29, 1.82) is 0 Å². The maximum Gasteiger partial charge on any atom is 0.128 e. The average molecular weight is 290 g/mol. The summed E-state index contributed by atoms with van der Waals surface area (Å²) in [6, 6.07) is 3.72. The number of phenols is 1. The Morgan fingerprint density at radius 2 is 2.14 bits per heavy atom. The smallest absolute Gasteiger partial charge is 0.128 e. The molecule has 3 rings (SSSR count). The van der Waals surface area contributed by atoms with Gasteiger partial charge in [0.05, 0.1) is 0 Å². The van der Waals surface area contributed by atoms with Gasteiger partial charge < -0.3 is 9.84 Å². The predicted molar refractivity (Wildman–Crippen MR) is 93.0 cm³/mol. The minimum absolute atomic E-state index is 0. The predicted octanol–water partition coefficient (Wildman–Crippen LogP) is 5.36. The van der Waals surface area contributed by atoms with Crippen molar-refractivity contribution in [2.75, 3.05) is 0 Å². The van der Waals surface area contributed by atoms with Crippen LogP contribution in [0.25, 0.3) is 0 Å². The summed E-state index contributed by atoms with van der Waals surface area (Å²) in [6.07, 6.45) is 4.53. The molecule has 1 heterocycles. The number of hydrogen-bond acceptors (Lipinski definition) is 2. The van der Waals surface area contributed by atoms with Gasteiger partial charge in [0.1, 0.15) is 17.1 Å². The first-order valence-corrected chi connectivity index (χ1v) is 7.58. The van der Waals surface area contributed by atoms with E-state index in [1.165, 1.54) is 5.57 Å². The van der Waals surface area contributed by atoms with Gasteiger partial charge in [-0.15, -0.1) is 5.92 Å². The Labute approximate surface area is 132 Å². The molecule has 1 aromatic carbocycles. The van der Waals surface area contributed by atoms with Crippen LogP contribution in [-0.2, 0) is 0 Å². The number of allylic oxidation sites excluding steroid dienone is 2. The van der Waals surface area contributed by atoms with Crippen LogP contribution in [0.1, 0.15) is 63.3 Å². The first-order chi connectivity index (χ1) is 9.92. The minimum Gasteiger partial charge on any atom is -0.507 e. The second kappa shape index (κ2) is 4.84. The van der Waals surface area contributed by atoms with Crippen LogP contribution in [0.2, 0.25) is 0 Å². The van der Waals surface area contributed by atoms with E-state index in [9.17, 15) is 5.11 Å². The van der Waals surface area contributed by atoms with Crippen molar-refractivity contribution >= 4 is 0 Å². The van der Waals surface area contributed by atoms with Gasteiger partial charge in [-0.25, -0.2) is 0 Å². The van der Waals surface area contributed by atoms with Crippen LogP contribution >= 0.6 is 0 Å². The first kappa shape index (κ1) is 14.1. The highest BCUT2D eigenvalue weighted by molar-refractivity contribution is 5.56. The van der Waals surface area contributed by atoms with Crippen LogP contribution < -0.4 is 4.74 Å². The lowest BCUT2D eigenvalue weighted by atomic mass is 9.68. The third-order valence-electron chi connectivity index (χ3n) is 4.74. The van der Waals surface area contributed by atoms with E-state index < -0.39 is 0 Å². The molecule has 2 unspecified atom stereocenters. The van der Waals surface area contributed by atoms with Crippen LogP contribution in [0.15, 0.2) is 23.8 Å². The molecule has 0 amide bonds. The molecule has 2 nitrogen and oxygen atoms in total. The van der Waals surface area contributed by atoms with E-state index in [-0.39, 0.29) is 17.2 Å². The zero-order valence-corrected chi connectivity index (χ0v) is 13.2. The molecule has 0 spiro atoms. The highest BCUT2D eigenvalue weighted by Gasteiger charge is 2.45. The van der Waals surface area contributed by atoms with Gasteiger partial charge in [0.2, 0.25) is 0 Å². The van der Waals surface area contributed by atoms with Gasteiger partial charge in [0, 0.05) is 28.7 Å². The minimum atomic E-state index is -0.223. The third kappa shape index (κ3) is 2.31. The molecule has 2 atom stereocenters. The molecule has 1 aliphatic heterocycles. The number of phenolic OH excluding ortho intramolecular Hbond substituents is 1. The van der Waals surface area contributed by atoms with Crippen molar-refractivity contribution in [3.8, 4) is 23.3 Å². The van der Waals surface area contributed by atoms with Crippen molar-refractivity contribution in [2.45, 2.75) is 52.1 Å². The average Bonchev–Trinajstić information content (AvgIpc) is 2.37. The van der Waals surface area contributed by atoms with Crippen LogP contribution in [-0.4, -0.2) is 10.7 Å². The van der Waals surface area contributed by atoms with Crippen LogP contribution in [0, 0.1) is 17.8 Å². The molecule has 2 heteroatoms. The number of rotatable bonds is 0. The Hall–Kier alpha value is -1.88. The molecule has 2 aliphatic rings. The lowest BCUT2D eigenvalue weighted by Crippen LogP contribution is -2.45. The second-order valence-electron chi connectivity index (χ2n) is 6.67. The number of fused-ring (bicyclic) bond motifs is 3. The molecule has 1 N–H and O–H groups in total. The first-order valence-electron chi connectivity index (χ1n) is 7.58. The van der Waals surface area contributed by atoms with Crippen LogP contribution in [0.3, 0.4) is 0 Å². The SMILES string of the molecule is CC#Cc1cc(O)c2c(c1)OC(C)(C)C1CCC(C)=CC21.[HH].[HH].[HH].[HH]. The molecule has 21 heavy (non-hydrogen) atoms. The normalized spacial score (nSPS) is 25.6. The quantitative estimate of drug-likeness (QED) is 0.515. The van der Waals surface area contributed by atoms with E-state index >= 15 is 0 Å². The molecule has 0 saturated carbocycles.